The van der Waals surface area contributed by atoms with E-state index in [0.29, 0.717) is 29.5 Å². The molecular formula is C16H23N3O2. The van der Waals surface area contributed by atoms with Crippen molar-refractivity contribution in [1.82, 2.24) is 9.88 Å². The highest BCUT2D eigenvalue weighted by Gasteiger charge is 2.36. The Morgan fingerprint density at radius 1 is 1.38 bits per heavy atom. The quantitative estimate of drug-likeness (QED) is 0.895. The van der Waals surface area contributed by atoms with Crippen LogP contribution in [0.25, 0.3) is 0 Å². The zero-order valence-electron chi connectivity index (χ0n) is 12.7. The van der Waals surface area contributed by atoms with Crippen LogP contribution in [-0.2, 0) is 0 Å². The molecule has 0 radical (unpaired) electrons. The maximum Gasteiger partial charge on any atom is 0.339 e. The van der Waals surface area contributed by atoms with Gasteiger partial charge in [0.05, 0.1) is 0 Å². The van der Waals surface area contributed by atoms with Crippen LogP contribution in [0.4, 0.5) is 5.82 Å². The van der Waals surface area contributed by atoms with E-state index < -0.39 is 5.97 Å². The van der Waals surface area contributed by atoms with E-state index in [1.165, 1.54) is 19.3 Å². The standard InChI is InChI=1S/C16H23N3O2/c1-10-6-7-17-15(14(10)16(20)21)18-11-8-12-4-3-5-13(9-11)19(12)2/h6-7,11-13H,3-5,8-9H2,1-2H3,(H,17,18)(H,20,21). The van der Waals surface area contributed by atoms with Gasteiger partial charge in [0.2, 0.25) is 0 Å². The van der Waals surface area contributed by atoms with Crippen molar-refractivity contribution in [3.05, 3.63) is 23.4 Å². The SMILES string of the molecule is Cc1ccnc(NC2CC3CCCC(C2)N3C)c1C(=O)O. The smallest absolute Gasteiger partial charge is 0.339 e. The first-order valence-corrected chi connectivity index (χ1v) is 7.73. The summed E-state index contributed by atoms with van der Waals surface area (Å²) in [6.07, 6.45) is 7.63. The molecule has 2 saturated heterocycles. The molecule has 0 spiro atoms. The lowest BCUT2D eigenvalue weighted by Gasteiger charge is -2.47. The van der Waals surface area contributed by atoms with Crippen molar-refractivity contribution in [2.75, 3.05) is 12.4 Å². The summed E-state index contributed by atoms with van der Waals surface area (Å²) in [5.74, 6) is -0.383. The number of hydrogen-bond donors (Lipinski definition) is 2. The van der Waals surface area contributed by atoms with Gasteiger partial charge in [0.1, 0.15) is 11.4 Å². The Morgan fingerprint density at radius 2 is 2.05 bits per heavy atom. The van der Waals surface area contributed by atoms with E-state index in [0.717, 1.165) is 18.4 Å². The van der Waals surface area contributed by atoms with Crippen LogP contribution in [0.2, 0.25) is 0 Å². The summed E-state index contributed by atoms with van der Waals surface area (Å²) in [5, 5.41) is 12.8. The number of carbonyl (C=O) groups is 1. The lowest BCUT2D eigenvalue weighted by molar-refractivity contribution is 0.0606. The highest BCUT2D eigenvalue weighted by Crippen LogP contribution is 2.34. The molecule has 3 rings (SSSR count). The van der Waals surface area contributed by atoms with Crippen LogP contribution in [0.3, 0.4) is 0 Å². The molecule has 1 aromatic heterocycles. The molecule has 2 aliphatic heterocycles. The second kappa shape index (κ2) is 5.64. The fraction of sp³-hybridized carbons (Fsp3) is 0.625. The molecule has 5 nitrogen and oxygen atoms in total. The molecule has 2 fully saturated rings. The first-order chi connectivity index (χ1) is 10.1. The number of nitrogens with one attached hydrogen (secondary N) is 1. The van der Waals surface area contributed by atoms with E-state index in [-0.39, 0.29) is 0 Å². The minimum absolute atomic E-state index is 0.307. The molecule has 21 heavy (non-hydrogen) atoms. The number of carboxylic acids is 1. The van der Waals surface area contributed by atoms with Crippen molar-refractivity contribution < 1.29 is 9.90 Å². The summed E-state index contributed by atoms with van der Waals surface area (Å²) in [6.45, 7) is 1.82. The van der Waals surface area contributed by atoms with Crippen LogP contribution < -0.4 is 5.32 Å². The average Bonchev–Trinajstić information content (AvgIpc) is 2.39. The van der Waals surface area contributed by atoms with E-state index >= 15 is 0 Å². The summed E-state index contributed by atoms with van der Waals surface area (Å²) in [4.78, 5) is 18.2. The predicted octanol–water partition coefficient (Wildman–Crippen LogP) is 2.52. The second-order valence-electron chi connectivity index (χ2n) is 6.37. The predicted molar refractivity (Wildman–Crippen MR) is 81.8 cm³/mol. The third-order valence-corrected chi connectivity index (χ3v) is 5.05. The van der Waals surface area contributed by atoms with E-state index in [1.54, 1.807) is 12.3 Å². The summed E-state index contributed by atoms with van der Waals surface area (Å²) in [7, 11) is 2.22. The van der Waals surface area contributed by atoms with Crippen molar-refractivity contribution in [3.8, 4) is 0 Å². The molecule has 1 aromatic rings. The first kappa shape index (κ1) is 14.3. The molecule has 2 N–H and O–H groups in total. The fourth-order valence-corrected chi connectivity index (χ4v) is 3.86. The summed E-state index contributed by atoms with van der Waals surface area (Å²) < 4.78 is 0. The Balaban J connectivity index is 1.79. The summed E-state index contributed by atoms with van der Waals surface area (Å²) in [5.41, 5.74) is 1.06. The maximum absolute atomic E-state index is 11.4. The van der Waals surface area contributed by atoms with Gasteiger partial charge in [-0.3, -0.25) is 0 Å². The number of carboxylic acid groups (broad SMARTS) is 1. The highest BCUT2D eigenvalue weighted by molar-refractivity contribution is 5.94. The highest BCUT2D eigenvalue weighted by atomic mass is 16.4. The van der Waals surface area contributed by atoms with Gasteiger partial charge < -0.3 is 15.3 Å². The van der Waals surface area contributed by atoms with Crippen molar-refractivity contribution in [3.63, 3.8) is 0 Å². The number of pyridine rings is 1. The Bertz CT molecular complexity index is 532. The Kier molecular flexibility index (Phi) is 3.85. The van der Waals surface area contributed by atoms with Gasteiger partial charge in [-0.1, -0.05) is 6.42 Å². The number of nitrogens with zero attached hydrogens (tertiary/aromatic N) is 2. The van der Waals surface area contributed by atoms with Crippen LogP contribution >= 0.6 is 0 Å². The molecule has 2 atom stereocenters. The molecule has 0 aliphatic carbocycles. The number of piperidine rings is 2. The zero-order chi connectivity index (χ0) is 15.0. The van der Waals surface area contributed by atoms with Crippen molar-refractivity contribution in [1.29, 1.82) is 0 Å². The van der Waals surface area contributed by atoms with Gasteiger partial charge in [0, 0.05) is 24.3 Å². The molecule has 114 valence electrons. The summed E-state index contributed by atoms with van der Waals surface area (Å²) >= 11 is 0. The number of anilines is 1. The number of rotatable bonds is 3. The maximum atomic E-state index is 11.4. The van der Waals surface area contributed by atoms with Gasteiger partial charge in [-0.15, -0.1) is 0 Å². The van der Waals surface area contributed by atoms with Gasteiger partial charge in [-0.2, -0.15) is 0 Å². The minimum Gasteiger partial charge on any atom is -0.478 e. The fourth-order valence-electron chi connectivity index (χ4n) is 3.86. The normalized spacial score (nSPS) is 29.1. The Morgan fingerprint density at radius 3 is 2.67 bits per heavy atom. The Hall–Kier alpha value is -1.62. The molecule has 2 bridgehead atoms. The topological polar surface area (TPSA) is 65.5 Å². The molecule has 0 saturated carbocycles. The third-order valence-electron chi connectivity index (χ3n) is 5.05. The second-order valence-corrected chi connectivity index (χ2v) is 6.37. The van der Waals surface area contributed by atoms with E-state index in [2.05, 4.69) is 22.2 Å². The first-order valence-electron chi connectivity index (χ1n) is 7.73. The molecule has 5 heteroatoms. The van der Waals surface area contributed by atoms with Gasteiger partial charge in [-0.05, 0) is 51.3 Å². The van der Waals surface area contributed by atoms with Crippen LogP contribution in [0.1, 0.15) is 48.0 Å². The van der Waals surface area contributed by atoms with Gasteiger partial charge in [0.15, 0.2) is 0 Å². The number of aryl methyl sites for hydroxylation is 1. The van der Waals surface area contributed by atoms with Crippen LogP contribution in [0, 0.1) is 6.92 Å². The van der Waals surface area contributed by atoms with Gasteiger partial charge in [0.25, 0.3) is 0 Å². The van der Waals surface area contributed by atoms with Gasteiger partial charge >= 0.3 is 5.97 Å². The van der Waals surface area contributed by atoms with Crippen LogP contribution in [0.15, 0.2) is 12.3 Å². The molecule has 3 heterocycles. The van der Waals surface area contributed by atoms with Crippen LogP contribution in [-0.4, -0.2) is 46.1 Å². The molecule has 2 aliphatic rings. The average molecular weight is 289 g/mol. The van der Waals surface area contributed by atoms with Crippen LogP contribution in [0.5, 0.6) is 0 Å². The van der Waals surface area contributed by atoms with E-state index in [4.69, 9.17) is 0 Å². The lowest BCUT2D eigenvalue weighted by atomic mass is 9.82. The third kappa shape index (κ3) is 2.75. The summed E-state index contributed by atoms with van der Waals surface area (Å²) in [6, 6.07) is 3.31. The number of hydrogen-bond acceptors (Lipinski definition) is 4. The van der Waals surface area contributed by atoms with E-state index in [1.807, 2.05) is 6.92 Å². The molecule has 0 amide bonds. The van der Waals surface area contributed by atoms with Crippen molar-refractivity contribution in [2.24, 2.45) is 0 Å². The van der Waals surface area contributed by atoms with Crippen molar-refractivity contribution >= 4 is 11.8 Å². The van der Waals surface area contributed by atoms with Crippen molar-refractivity contribution in [2.45, 2.75) is 57.2 Å². The zero-order valence-corrected chi connectivity index (χ0v) is 12.7. The van der Waals surface area contributed by atoms with Gasteiger partial charge in [-0.25, -0.2) is 9.78 Å². The molecule has 0 aromatic carbocycles. The minimum atomic E-state index is -0.906. The molecule has 2 unspecified atom stereocenters. The molecular weight excluding hydrogens is 266 g/mol. The number of fused-ring (bicyclic) bond motifs is 2. The lowest BCUT2D eigenvalue weighted by Crippen LogP contribution is -2.52. The largest absolute Gasteiger partial charge is 0.478 e. The van der Waals surface area contributed by atoms with E-state index in [9.17, 15) is 9.90 Å². The number of aromatic carboxylic acids is 1. The Labute approximate surface area is 125 Å². The monoisotopic (exact) mass is 289 g/mol. The number of aromatic nitrogens is 1.